The number of rotatable bonds is 5. The third kappa shape index (κ3) is 2.72. The fourth-order valence-electron chi connectivity index (χ4n) is 1.38. The van der Waals surface area contributed by atoms with Crippen molar-refractivity contribution in [2.75, 3.05) is 20.7 Å². The molecule has 14 heavy (non-hydrogen) atoms. The van der Waals surface area contributed by atoms with E-state index >= 15 is 0 Å². The van der Waals surface area contributed by atoms with Crippen molar-refractivity contribution in [1.29, 1.82) is 0 Å². The molecular formula is C11H17NO2. The van der Waals surface area contributed by atoms with Gasteiger partial charge in [-0.2, -0.15) is 0 Å². The molecule has 1 aromatic carbocycles. The average Bonchev–Trinajstić information content (AvgIpc) is 2.25. The number of ether oxygens (including phenoxy) is 1. The Bertz CT molecular complexity index is 276. The Labute approximate surface area is 84.7 Å². The molecule has 0 bridgehead atoms. The molecule has 3 heteroatoms. The summed E-state index contributed by atoms with van der Waals surface area (Å²) in [6.07, 6.45) is 0.232. The Morgan fingerprint density at radius 2 is 2.14 bits per heavy atom. The lowest BCUT2D eigenvalue weighted by molar-refractivity contribution is 0.163. The van der Waals surface area contributed by atoms with Crippen LogP contribution in [0.1, 0.15) is 18.1 Å². The number of nitrogens with one attached hydrogen (secondary N) is 1. The first-order valence-corrected chi connectivity index (χ1v) is 4.75. The van der Waals surface area contributed by atoms with E-state index in [0.29, 0.717) is 6.42 Å². The van der Waals surface area contributed by atoms with Crippen LogP contribution in [0, 0.1) is 0 Å². The molecule has 0 aliphatic rings. The Balaban J connectivity index is 2.72. The van der Waals surface area contributed by atoms with Crippen LogP contribution in [-0.4, -0.2) is 25.8 Å². The molecule has 0 amide bonds. The summed E-state index contributed by atoms with van der Waals surface area (Å²) >= 11 is 0. The maximum Gasteiger partial charge on any atom is 0.124 e. The van der Waals surface area contributed by atoms with Crippen LogP contribution in [0.4, 0.5) is 0 Å². The summed E-state index contributed by atoms with van der Waals surface area (Å²) in [5, 5.41) is 12.8. The van der Waals surface area contributed by atoms with Gasteiger partial charge in [0.1, 0.15) is 5.75 Å². The molecule has 0 spiro atoms. The Morgan fingerprint density at radius 1 is 1.43 bits per heavy atom. The van der Waals surface area contributed by atoms with E-state index in [9.17, 15) is 5.11 Å². The van der Waals surface area contributed by atoms with Crippen LogP contribution in [0.15, 0.2) is 24.3 Å². The molecule has 0 saturated carbocycles. The van der Waals surface area contributed by atoms with Crippen molar-refractivity contribution < 1.29 is 9.84 Å². The quantitative estimate of drug-likeness (QED) is 0.745. The summed E-state index contributed by atoms with van der Waals surface area (Å²) in [7, 11) is 3.48. The van der Waals surface area contributed by atoms with E-state index in [0.717, 1.165) is 17.9 Å². The first-order valence-electron chi connectivity index (χ1n) is 4.75. The van der Waals surface area contributed by atoms with E-state index in [2.05, 4.69) is 5.32 Å². The van der Waals surface area contributed by atoms with E-state index in [-0.39, 0.29) is 0 Å². The maximum atomic E-state index is 9.84. The predicted octanol–water partition coefficient (Wildman–Crippen LogP) is 1.34. The van der Waals surface area contributed by atoms with Gasteiger partial charge in [-0.15, -0.1) is 0 Å². The number of benzene rings is 1. The summed E-state index contributed by atoms with van der Waals surface area (Å²) in [4.78, 5) is 0. The third-order valence-electron chi connectivity index (χ3n) is 2.17. The lowest BCUT2D eigenvalue weighted by Crippen LogP contribution is -2.12. The highest BCUT2D eigenvalue weighted by Crippen LogP contribution is 2.26. The largest absolute Gasteiger partial charge is 0.496 e. The molecule has 0 fully saturated rings. The summed E-state index contributed by atoms with van der Waals surface area (Å²) in [5.74, 6) is 0.746. The number of methoxy groups -OCH3 is 1. The van der Waals surface area contributed by atoms with Gasteiger partial charge in [0.2, 0.25) is 0 Å². The molecule has 1 atom stereocenters. The zero-order valence-corrected chi connectivity index (χ0v) is 8.66. The molecular weight excluding hydrogens is 178 g/mol. The fourth-order valence-corrected chi connectivity index (χ4v) is 1.38. The van der Waals surface area contributed by atoms with Crippen molar-refractivity contribution in [1.82, 2.24) is 5.32 Å². The summed E-state index contributed by atoms with van der Waals surface area (Å²) in [6, 6.07) is 7.55. The number of aliphatic hydroxyl groups is 1. The number of para-hydroxylation sites is 1. The molecule has 0 aliphatic heterocycles. The number of hydrogen-bond donors (Lipinski definition) is 2. The van der Waals surface area contributed by atoms with Crippen LogP contribution in [0.2, 0.25) is 0 Å². The van der Waals surface area contributed by atoms with Crippen molar-refractivity contribution in [3.8, 4) is 5.75 Å². The van der Waals surface area contributed by atoms with Crippen molar-refractivity contribution in [2.45, 2.75) is 12.5 Å². The minimum Gasteiger partial charge on any atom is -0.496 e. The molecule has 1 rings (SSSR count). The summed E-state index contributed by atoms with van der Waals surface area (Å²) in [6.45, 7) is 0.791. The first-order chi connectivity index (χ1) is 6.79. The second kappa shape index (κ2) is 5.62. The Kier molecular flexibility index (Phi) is 4.43. The standard InChI is InChI=1S/C11H17NO2/c1-12-8-7-10(13)9-5-3-4-6-11(9)14-2/h3-6,10,12-13H,7-8H2,1-2H3/t10-/m1/s1. The van der Waals surface area contributed by atoms with E-state index in [4.69, 9.17) is 4.74 Å². The molecule has 78 valence electrons. The second-order valence-electron chi connectivity index (χ2n) is 3.15. The van der Waals surface area contributed by atoms with Gasteiger partial charge in [0, 0.05) is 5.56 Å². The van der Waals surface area contributed by atoms with Crippen LogP contribution < -0.4 is 10.1 Å². The van der Waals surface area contributed by atoms with Gasteiger partial charge in [0.05, 0.1) is 13.2 Å². The second-order valence-corrected chi connectivity index (χ2v) is 3.15. The van der Waals surface area contributed by atoms with Crippen LogP contribution in [0.3, 0.4) is 0 Å². The highest BCUT2D eigenvalue weighted by molar-refractivity contribution is 5.34. The smallest absolute Gasteiger partial charge is 0.124 e. The van der Waals surface area contributed by atoms with Gasteiger partial charge in [-0.3, -0.25) is 0 Å². The minimum atomic E-state index is -0.460. The van der Waals surface area contributed by atoms with E-state index in [1.807, 2.05) is 31.3 Å². The zero-order chi connectivity index (χ0) is 10.4. The van der Waals surface area contributed by atoms with Crippen LogP contribution in [0.5, 0.6) is 5.75 Å². The minimum absolute atomic E-state index is 0.460. The highest BCUT2D eigenvalue weighted by Gasteiger charge is 2.11. The van der Waals surface area contributed by atoms with E-state index in [1.54, 1.807) is 7.11 Å². The van der Waals surface area contributed by atoms with Gasteiger partial charge in [-0.05, 0) is 26.1 Å². The van der Waals surface area contributed by atoms with Crippen molar-refractivity contribution in [3.05, 3.63) is 29.8 Å². The van der Waals surface area contributed by atoms with Crippen molar-refractivity contribution in [3.63, 3.8) is 0 Å². The predicted molar refractivity (Wildman–Crippen MR) is 56.5 cm³/mol. The normalized spacial score (nSPS) is 12.5. The summed E-state index contributed by atoms with van der Waals surface area (Å²) in [5.41, 5.74) is 0.852. The van der Waals surface area contributed by atoms with Crippen molar-refractivity contribution in [2.24, 2.45) is 0 Å². The Hall–Kier alpha value is -1.06. The molecule has 2 N–H and O–H groups in total. The fraction of sp³-hybridized carbons (Fsp3) is 0.455. The lowest BCUT2D eigenvalue weighted by atomic mass is 10.1. The lowest BCUT2D eigenvalue weighted by Gasteiger charge is -2.14. The third-order valence-corrected chi connectivity index (χ3v) is 2.17. The van der Waals surface area contributed by atoms with Gasteiger partial charge in [0.25, 0.3) is 0 Å². The zero-order valence-electron chi connectivity index (χ0n) is 8.66. The van der Waals surface area contributed by atoms with Crippen LogP contribution >= 0.6 is 0 Å². The van der Waals surface area contributed by atoms with E-state index in [1.165, 1.54) is 0 Å². The number of hydrogen-bond acceptors (Lipinski definition) is 3. The maximum absolute atomic E-state index is 9.84. The van der Waals surface area contributed by atoms with Crippen molar-refractivity contribution >= 4 is 0 Å². The first kappa shape index (κ1) is 11.0. The van der Waals surface area contributed by atoms with Crippen LogP contribution in [0.25, 0.3) is 0 Å². The summed E-state index contributed by atoms with van der Waals surface area (Å²) < 4.78 is 5.17. The number of aliphatic hydroxyl groups excluding tert-OH is 1. The van der Waals surface area contributed by atoms with E-state index < -0.39 is 6.10 Å². The monoisotopic (exact) mass is 195 g/mol. The van der Waals surface area contributed by atoms with Gasteiger partial charge in [0.15, 0.2) is 0 Å². The molecule has 3 nitrogen and oxygen atoms in total. The van der Waals surface area contributed by atoms with Gasteiger partial charge in [-0.1, -0.05) is 18.2 Å². The van der Waals surface area contributed by atoms with Gasteiger partial charge >= 0.3 is 0 Å². The molecule has 0 radical (unpaired) electrons. The average molecular weight is 195 g/mol. The molecule has 0 saturated heterocycles. The molecule has 0 unspecified atom stereocenters. The molecule has 0 heterocycles. The highest BCUT2D eigenvalue weighted by atomic mass is 16.5. The Morgan fingerprint density at radius 3 is 2.79 bits per heavy atom. The SMILES string of the molecule is CNCC[C@@H](O)c1ccccc1OC. The van der Waals surface area contributed by atoms with Gasteiger partial charge in [-0.25, -0.2) is 0 Å². The molecule has 0 aliphatic carbocycles. The topological polar surface area (TPSA) is 41.5 Å². The molecule has 1 aromatic rings. The van der Waals surface area contributed by atoms with Gasteiger partial charge < -0.3 is 15.2 Å². The molecule has 0 aromatic heterocycles. The van der Waals surface area contributed by atoms with Crippen LogP contribution in [-0.2, 0) is 0 Å².